The van der Waals surface area contributed by atoms with Gasteiger partial charge in [0.2, 0.25) is 0 Å². The summed E-state index contributed by atoms with van der Waals surface area (Å²) in [6.07, 6.45) is 20.7. The molecule has 0 amide bonds. The first-order chi connectivity index (χ1) is 29.4. The zero-order valence-electron chi connectivity index (χ0n) is 34.8. The molecule has 0 aromatic carbocycles. The van der Waals surface area contributed by atoms with Gasteiger partial charge in [0, 0.05) is 110 Å². The third kappa shape index (κ3) is 18.7. The second-order valence-corrected chi connectivity index (χ2v) is 22.2. The molecule has 342 valence electrons. The van der Waals surface area contributed by atoms with Gasteiger partial charge in [-0.1, -0.05) is 78.9 Å². The Hall–Kier alpha value is 0.949. The van der Waals surface area contributed by atoms with Crippen LogP contribution in [0.25, 0.3) is 0 Å². The van der Waals surface area contributed by atoms with Crippen LogP contribution in [0, 0.1) is 0 Å². The molecule has 0 saturated heterocycles. The van der Waals surface area contributed by atoms with E-state index in [1.807, 2.05) is 12.1 Å². The number of nitrogens with one attached hydrogen (secondary N) is 8. The average Bonchev–Trinajstić information content (AvgIpc) is 3.26. The number of nitrogens with zero attached hydrogens (tertiary/aromatic N) is 2. The fourth-order valence-corrected chi connectivity index (χ4v) is 10.8. The third-order valence-electron chi connectivity index (χ3n) is 12.9. The zero-order chi connectivity index (χ0) is 42.4. The predicted molar refractivity (Wildman–Crippen MR) is 248 cm³/mol. The van der Waals surface area contributed by atoms with Crippen molar-refractivity contribution in [3.8, 4) is 0 Å². The van der Waals surface area contributed by atoms with E-state index in [4.69, 9.17) is 62.0 Å². The van der Waals surface area contributed by atoms with Crippen LogP contribution in [-0.4, -0.2) is 84.5 Å². The molecule has 2 aromatic rings. The zero-order valence-corrected chi connectivity index (χ0v) is 42.5. The molecule has 8 N–H and O–H groups in total. The van der Waals surface area contributed by atoms with E-state index in [9.17, 15) is 0 Å². The minimum atomic E-state index is 0.00694. The fourth-order valence-electron chi connectivity index (χ4n) is 10.0. The van der Waals surface area contributed by atoms with Crippen LogP contribution in [0.15, 0.2) is 28.7 Å². The molecule has 0 radical (unpaired) electrons. The van der Waals surface area contributed by atoms with Gasteiger partial charge in [-0.3, -0.25) is 9.97 Å². The number of hydrogen-bond acceptors (Lipinski definition) is 10. The SMILES string of the molecule is Brc1cc2nc(c1)CN[C@@H]1CCCC[C@H]1NCCN[C@@H]1CCCC[C@H]1NC2.Clc1cc2nc(c1)CN[C@@H]1CCCC[C@H]1NCCN[C@@H]1CCCC[C@H]1NC2.[Cl][Mn][Cl].[Cl][Mn][Cl]. The number of hydrogen-bond donors (Lipinski definition) is 8. The number of fused-ring (bicyclic) bond motifs is 8. The van der Waals surface area contributed by atoms with Crippen LogP contribution in [0.4, 0.5) is 0 Å². The molecule has 4 aliphatic carbocycles. The molecule has 2 aliphatic heterocycles. The van der Waals surface area contributed by atoms with Crippen molar-refractivity contribution in [3.63, 3.8) is 0 Å². The molecule has 10 nitrogen and oxygen atoms in total. The van der Waals surface area contributed by atoms with Gasteiger partial charge >= 0.3 is 66.7 Å². The van der Waals surface area contributed by atoms with E-state index in [1.165, 1.54) is 103 Å². The summed E-state index contributed by atoms with van der Waals surface area (Å²) in [7, 11) is 19.2. The Morgan fingerprint density at radius 2 is 0.617 bits per heavy atom. The van der Waals surface area contributed by atoms with E-state index in [0.29, 0.717) is 48.3 Å². The Balaban J connectivity index is 0.000000201. The van der Waals surface area contributed by atoms with Gasteiger partial charge < -0.3 is 42.5 Å². The van der Waals surface area contributed by atoms with Crippen molar-refractivity contribution in [3.05, 3.63) is 56.5 Å². The Morgan fingerprint density at radius 3 is 0.867 bits per heavy atom. The Labute approximate surface area is 403 Å². The van der Waals surface area contributed by atoms with E-state index in [2.05, 4.69) is 70.6 Å². The van der Waals surface area contributed by atoms with Crippen LogP contribution in [0.5, 0.6) is 0 Å². The van der Waals surface area contributed by atoms with Crippen LogP contribution >= 0.6 is 67.9 Å². The fraction of sp³-hybridized carbons (Fsp3) is 0.762. The van der Waals surface area contributed by atoms with E-state index >= 15 is 0 Å². The molecule has 6 aliphatic rings. The van der Waals surface area contributed by atoms with Gasteiger partial charge in [0.25, 0.3) is 0 Å². The van der Waals surface area contributed by atoms with Crippen molar-refractivity contribution < 1.29 is 26.3 Å². The molecule has 0 unspecified atom stereocenters. The maximum atomic E-state index is 6.39. The van der Waals surface area contributed by atoms with Crippen molar-refractivity contribution in [1.82, 2.24) is 52.5 Å². The van der Waals surface area contributed by atoms with Crippen LogP contribution in [0.3, 0.4) is 0 Å². The van der Waals surface area contributed by atoms with E-state index < -0.39 is 0 Å². The molecule has 2 aromatic heterocycles. The molecular weight excluding hydrogens is 1010 g/mol. The molecule has 4 heterocycles. The number of halogens is 6. The first-order valence-corrected chi connectivity index (χ1v) is 30.0. The van der Waals surface area contributed by atoms with Crippen LogP contribution in [-0.2, 0) is 52.4 Å². The summed E-state index contributed by atoms with van der Waals surface area (Å²) in [5.74, 6) is 0. The second-order valence-electron chi connectivity index (χ2n) is 17.0. The molecule has 18 heteroatoms. The van der Waals surface area contributed by atoms with E-state index in [1.54, 1.807) is 0 Å². The van der Waals surface area contributed by atoms with Gasteiger partial charge in [0.05, 0.1) is 22.8 Å². The third-order valence-corrected chi connectivity index (χ3v) is 13.6. The summed E-state index contributed by atoms with van der Waals surface area (Å²) in [5.41, 5.74) is 4.38. The molecule has 60 heavy (non-hydrogen) atoms. The average molecular weight is 1080 g/mol. The maximum absolute atomic E-state index is 6.39. The Morgan fingerprint density at radius 1 is 0.400 bits per heavy atom. The van der Waals surface area contributed by atoms with Crippen molar-refractivity contribution in [2.24, 2.45) is 0 Å². The van der Waals surface area contributed by atoms with Crippen molar-refractivity contribution in [1.29, 1.82) is 0 Å². The van der Waals surface area contributed by atoms with Gasteiger partial charge in [-0.25, -0.2) is 0 Å². The minimum absolute atomic E-state index is 0.00694. The first kappa shape index (κ1) is 51.9. The summed E-state index contributed by atoms with van der Waals surface area (Å²) >= 11 is 10.1. The number of aromatic nitrogens is 2. The summed E-state index contributed by atoms with van der Waals surface area (Å²) in [6, 6.07) is 12.8. The van der Waals surface area contributed by atoms with Crippen LogP contribution < -0.4 is 42.5 Å². The Kier molecular flexibility index (Phi) is 26.2. The van der Waals surface area contributed by atoms with Crippen molar-refractivity contribution in [2.45, 2.75) is 177 Å². The van der Waals surface area contributed by atoms with Gasteiger partial charge in [0.15, 0.2) is 0 Å². The summed E-state index contributed by atoms with van der Waals surface area (Å²) in [6.45, 7) is 7.49. The molecule has 8 atom stereocenters. The predicted octanol–water partition coefficient (Wildman–Crippen LogP) is 8.32. The summed E-state index contributed by atoms with van der Waals surface area (Å²) < 4.78 is 1.13. The second kappa shape index (κ2) is 30.3. The molecule has 4 fully saturated rings. The number of rotatable bonds is 0. The molecular formula is C42H68BrCl5Mn2N10. The molecule has 8 rings (SSSR count). The quantitative estimate of drug-likeness (QED) is 0.122. The van der Waals surface area contributed by atoms with E-state index in [-0.39, 0.29) is 26.3 Å². The monoisotopic (exact) mass is 1080 g/mol. The van der Waals surface area contributed by atoms with Crippen LogP contribution in [0.2, 0.25) is 5.02 Å². The van der Waals surface area contributed by atoms with Crippen molar-refractivity contribution in [2.75, 3.05) is 26.2 Å². The molecule has 0 spiro atoms. The summed E-state index contributed by atoms with van der Waals surface area (Å²) in [4.78, 5) is 9.79. The van der Waals surface area contributed by atoms with Gasteiger partial charge in [0.1, 0.15) is 0 Å². The number of pyridine rings is 2. The summed E-state index contributed by atoms with van der Waals surface area (Å²) in [5, 5.41) is 31.2. The van der Waals surface area contributed by atoms with Crippen LogP contribution in [0.1, 0.15) is 126 Å². The normalized spacial score (nSPS) is 30.5. The first-order valence-electron chi connectivity index (χ1n) is 22.3. The standard InChI is InChI=1S/C21H34BrN5.C21H34ClN5.4ClH.2Mn/c2*22-15-11-16-13-25-20-7-3-1-5-18(20)23-9-10-24-19-6-2-4-8-21(19)26-14-17(12-15)27-16;;;;;;/h2*11-12,18-21,23-26H,1-10,13-14H2;4*1H;;/q;;;;;;2*+2/p-4/t2*18-,19-,20-,21-;;;;;;/m11....../s1. The molecule has 4 saturated carbocycles. The van der Waals surface area contributed by atoms with Crippen molar-refractivity contribution >= 4 is 67.9 Å². The molecule has 4 bridgehead atoms. The topological polar surface area (TPSA) is 122 Å². The van der Waals surface area contributed by atoms with E-state index in [0.717, 1.165) is 84.6 Å². The van der Waals surface area contributed by atoms with Gasteiger partial charge in [-0.2, -0.15) is 0 Å². The van der Waals surface area contributed by atoms with Gasteiger partial charge in [-0.15, -0.1) is 0 Å². The Bertz CT molecular complexity index is 1290. The van der Waals surface area contributed by atoms with Gasteiger partial charge in [-0.05, 0) is 75.6 Å².